The van der Waals surface area contributed by atoms with Gasteiger partial charge in [-0.3, -0.25) is 4.79 Å². The normalized spacial score (nSPS) is 35.8. The van der Waals surface area contributed by atoms with Crippen molar-refractivity contribution >= 4 is 5.97 Å². The number of hydrogen-bond donors (Lipinski definition) is 1. The van der Waals surface area contributed by atoms with Gasteiger partial charge in [-0.15, -0.1) is 6.58 Å². The van der Waals surface area contributed by atoms with Crippen LogP contribution < -0.4 is 0 Å². The molecule has 0 bridgehead atoms. The van der Waals surface area contributed by atoms with E-state index in [-0.39, 0.29) is 18.3 Å². The van der Waals surface area contributed by atoms with Gasteiger partial charge < -0.3 is 9.84 Å². The largest absolute Gasteiger partial charge is 0.460 e. The van der Waals surface area contributed by atoms with E-state index < -0.39 is 16.6 Å². The van der Waals surface area contributed by atoms with E-state index in [0.29, 0.717) is 0 Å². The molecule has 0 spiro atoms. The van der Waals surface area contributed by atoms with Crippen molar-refractivity contribution in [2.24, 2.45) is 11.3 Å². The number of hydrogen-bond acceptors (Lipinski definition) is 3. The number of ether oxygens (including phenoxy) is 1. The first-order valence-corrected chi connectivity index (χ1v) is 7.12. The third-order valence-corrected chi connectivity index (χ3v) is 4.42. The van der Waals surface area contributed by atoms with E-state index in [1.807, 2.05) is 34.6 Å². The van der Waals surface area contributed by atoms with Gasteiger partial charge in [0.2, 0.25) is 0 Å². The number of aliphatic hydroxyl groups is 1. The zero-order chi connectivity index (χ0) is 14.9. The second-order valence-electron chi connectivity index (χ2n) is 7.10. The first-order chi connectivity index (χ1) is 8.54. The summed E-state index contributed by atoms with van der Waals surface area (Å²) in [6, 6.07) is 0. The van der Waals surface area contributed by atoms with Crippen LogP contribution in [0.2, 0.25) is 0 Å². The molecule has 1 aliphatic rings. The molecule has 0 heterocycles. The van der Waals surface area contributed by atoms with Crippen LogP contribution in [0.1, 0.15) is 60.3 Å². The molecular formula is C16H28O3. The molecule has 1 fully saturated rings. The summed E-state index contributed by atoms with van der Waals surface area (Å²) in [5.41, 5.74) is -2.01. The van der Waals surface area contributed by atoms with Crippen LogP contribution in [0.15, 0.2) is 12.7 Å². The molecule has 0 aromatic rings. The van der Waals surface area contributed by atoms with Crippen LogP contribution in [0.5, 0.6) is 0 Å². The minimum absolute atomic E-state index is 0.0357. The molecule has 0 saturated heterocycles. The molecule has 0 aromatic heterocycles. The number of carbonyl (C=O) groups excluding carboxylic acids is 1. The maximum absolute atomic E-state index is 12.1. The second kappa shape index (κ2) is 5.28. The van der Waals surface area contributed by atoms with E-state index in [9.17, 15) is 9.90 Å². The van der Waals surface area contributed by atoms with Crippen LogP contribution >= 0.6 is 0 Å². The average molecular weight is 268 g/mol. The number of carbonyl (C=O) groups is 1. The Bertz CT molecular complexity index is 355. The lowest BCUT2D eigenvalue weighted by Gasteiger charge is -2.50. The third kappa shape index (κ3) is 3.38. The van der Waals surface area contributed by atoms with E-state index >= 15 is 0 Å². The Morgan fingerprint density at radius 2 is 2.11 bits per heavy atom. The molecule has 1 rings (SSSR count). The molecule has 3 atom stereocenters. The summed E-state index contributed by atoms with van der Waals surface area (Å²) in [6.45, 7) is 13.4. The minimum Gasteiger partial charge on any atom is -0.460 e. The van der Waals surface area contributed by atoms with Gasteiger partial charge >= 0.3 is 5.97 Å². The highest BCUT2D eigenvalue weighted by atomic mass is 16.6. The fourth-order valence-electron chi connectivity index (χ4n) is 3.05. The van der Waals surface area contributed by atoms with Gasteiger partial charge in [0.05, 0.1) is 12.0 Å². The maximum atomic E-state index is 12.1. The van der Waals surface area contributed by atoms with Gasteiger partial charge in [-0.05, 0) is 39.5 Å². The predicted octanol–water partition coefficient (Wildman–Crippen LogP) is 3.46. The Hall–Kier alpha value is -0.830. The van der Waals surface area contributed by atoms with Crippen LogP contribution in [0.25, 0.3) is 0 Å². The van der Waals surface area contributed by atoms with Crippen LogP contribution in [0, 0.1) is 11.3 Å². The van der Waals surface area contributed by atoms with Crippen LogP contribution in [0.4, 0.5) is 0 Å². The van der Waals surface area contributed by atoms with Gasteiger partial charge in [0.1, 0.15) is 5.60 Å². The molecular weight excluding hydrogens is 240 g/mol. The Kier molecular flexibility index (Phi) is 4.51. The van der Waals surface area contributed by atoms with Crippen molar-refractivity contribution in [2.45, 2.75) is 71.5 Å². The lowest BCUT2D eigenvalue weighted by molar-refractivity contribution is -0.175. The van der Waals surface area contributed by atoms with Crippen molar-refractivity contribution in [2.75, 3.05) is 0 Å². The molecule has 110 valence electrons. The van der Waals surface area contributed by atoms with Gasteiger partial charge in [0.25, 0.3) is 0 Å². The van der Waals surface area contributed by atoms with Crippen molar-refractivity contribution in [3.05, 3.63) is 12.7 Å². The van der Waals surface area contributed by atoms with Crippen molar-refractivity contribution < 1.29 is 14.6 Å². The van der Waals surface area contributed by atoms with Crippen LogP contribution in [-0.4, -0.2) is 22.3 Å². The Morgan fingerprint density at radius 1 is 1.53 bits per heavy atom. The number of esters is 1. The fourth-order valence-corrected chi connectivity index (χ4v) is 3.05. The topological polar surface area (TPSA) is 46.5 Å². The molecule has 19 heavy (non-hydrogen) atoms. The highest BCUT2D eigenvalue weighted by Gasteiger charge is 2.52. The van der Waals surface area contributed by atoms with Crippen molar-refractivity contribution in [1.29, 1.82) is 0 Å². The Morgan fingerprint density at radius 3 is 2.58 bits per heavy atom. The second-order valence-corrected chi connectivity index (χ2v) is 7.10. The molecule has 0 amide bonds. The fraction of sp³-hybridized carbons (Fsp3) is 0.812. The number of rotatable bonds is 3. The standard InChI is InChI=1S/C16H28O3/c1-7-15(6)10-8-9-12(2)16(15,18)11-13(17)19-14(3,4)5/h7,12,18H,1,8-11H2,2-6H3/t12-,15-,16-/m1/s1. The zero-order valence-corrected chi connectivity index (χ0v) is 13.0. The quantitative estimate of drug-likeness (QED) is 0.630. The summed E-state index contributed by atoms with van der Waals surface area (Å²) in [4.78, 5) is 12.1. The SMILES string of the molecule is C=C[C@]1(C)CCC[C@@H](C)[C@]1(O)CC(=O)OC(C)(C)C. The van der Waals surface area contributed by atoms with E-state index in [1.54, 1.807) is 6.08 Å². The van der Waals surface area contributed by atoms with Gasteiger partial charge in [0, 0.05) is 5.41 Å². The molecule has 0 aromatic carbocycles. The summed E-state index contributed by atoms with van der Waals surface area (Å²) in [6.07, 6.45) is 4.68. The molecule has 3 heteroatoms. The lowest BCUT2D eigenvalue weighted by Crippen LogP contribution is -2.54. The van der Waals surface area contributed by atoms with E-state index in [2.05, 4.69) is 6.58 Å². The van der Waals surface area contributed by atoms with Crippen molar-refractivity contribution in [1.82, 2.24) is 0 Å². The van der Waals surface area contributed by atoms with Gasteiger partial charge in [0.15, 0.2) is 0 Å². The molecule has 1 N–H and O–H groups in total. The van der Waals surface area contributed by atoms with E-state index in [0.717, 1.165) is 19.3 Å². The van der Waals surface area contributed by atoms with Crippen LogP contribution in [0.3, 0.4) is 0 Å². The summed E-state index contributed by atoms with van der Waals surface area (Å²) < 4.78 is 5.36. The van der Waals surface area contributed by atoms with Gasteiger partial charge in [-0.2, -0.15) is 0 Å². The predicted molar refractivity (Wildman–Crippen MR) is 76.7 cm³/mol. The maximum Gasteiger partial charge on any atom is 0.309 e. The van der Waals surface area contributed by atoms with Crippen LogP contribution in [-0.2, 0) is 9.53 Å². The monoisotopic (exact) mass is 268 g/mol. The molecule has 0 aliphatic heterocycles. The first-order valence-electron chi connectivity index (χ1n) is 7.12. The molecule has 0 radical (unpaired) electrons. The third-order valence-electron chi connectivity index (χ3n) is 4.42. The molecule has 0 unspecified atom stereocenters. The molecule has 3 nitrogen and oxygen atoms in total. The molecule has 1 aliphatic carbocycles. The summed E-state index contributed by atoms with van der Waals surface area (Å²) in [5.74, 6) is -0.270. The smallest absolute Gasteiger partial charge is 0.309 e. The summed E-state index contributed by atoms with van der Waals surface area (Å²) >= 11 is 0. The van der Waals surface area contributed by atoms with Crippen molar-refractivity contribution in [3.8, 4) is 0 Å². The Labute approximate surface area is 117 Å². The van der Waals surface area contributed by atoms with Gasteiger partial charge in [-0.1, -0.05) is 26.3 Å². The van der Waals surface area contributed by atoms with E-state index in [4.69, 9.17) is 4.74 Å². The minimum atomic E-state index is -1.06. The summed E-state index contributed by atoms with van der Waals surface area (Å²) in [7, 11) is 0. The lowest BCUT2D eigenvalue weighted by atomic mass is 9.58. The zero-order valence-electron chi connectivity index (χ0n) is 13.0. The highest BCUT2D eigenvalue weighted by molar-refractivity contribution is 5.71. The van der Waals surface area contributed by atoms with Gasteiger partial charge in [-0.25, -0.2) is 0 Å². The van der Waals surface area contributed by atoms with E-state index in [1.165, 1.54) is 0 Å². The summed E-state index contributed by atoms with van der Waals surface area (Å²) in [5, 5.41) is 11.1. The Balaban J connectivity index is 2.92. The van der Waals surface area contributed by atoms with Crippen molar-refractivity contribution in [3.63, 3.8) is 0 Å². The highest BCUT2D eigenvalue weighted by Crippen LogP contribution is 2.50. The molecule has 1 saturated carbocycles. The average Bonchev–Trinajstić information content (AvgIpc) is 2.23. The first kappa shape index (κ1) is 16.2.